The van der Waals surface area contributed by atoms with Crippen molar-refractivity contribution >= 4 is 17.1 Å². The van der Waals surface area contributed by atoms with Gasteiger partial charge in [0.25, 0.3) is 0 Å². The average Bonchev–Trinajstić information content (AvgIpc) is 3.24. The van der Waals surface area contributed by atoms with Gasteiger partial charge in [0.15, 0.2) is 0 Å². The Morgan fingerprint density at radius 1 is 1.22 bits per heavy atom. The SMILES string of the molecule is O=C(NC1CCCC1)N1CCC(c2c[nH]c3ncccc23)CC1. The molecule has 2 amide bonds. The summed E-state index contributed by atoms with van der Waals surface area (Å²) >= 11 is 0. The number of carbonyl (C=O) groups is 1. The first-order chi connectivity index (χ1) is 11.3. The second kappa shape index (κ2) is 6.22. The van der Waals surface area contributed by atoms with Crippen LogP contribution in [0.15, 0.2) is 24.5 Å². The predicted molar refractivity (Wildman–Crippen MR) is 90.4 cm³/mol. The smallest absolute Gasteiger partial charge is 0.317 e. The summed E-state index contributed by atoms with van der Waals surface area (Å²) in [6.07, 6.45) is 10.8. The number of aromatic amines is 1. The summed E-state index contributed by atoms with van der Waals surface area (Å²) in [6.45, 7) is 1.69. The molecule has 0 radical (unpaired) electrons. The molecular formula is C18H24N4O. The van der Waals surface area contributed by atoms with Gasteiger partial charge in [-0.15, -0.1) is 0 Å². The van der Waals surface area contributed by atoms with Gasteiger partial charge in [-0.05, 0) is 49.3 Å². The molecule has 23 heavy (non-hydrogen) atoms. The number of fused-ring (bicyclic) bond motifs is 1. The highest BCUT2D eigenvalue weighted by molar-refractivity contribution is 5.80. The molecule has 3 heterocycles. The molecule has 1 saturated carbocycles. The Labute approximate surface area is 136 Å². The van der Waals surface area contributed by atoms with Gasteiger partial charge in [0, 0.05) is 36.9 Å². The number of aromatic nitrogens is 2. The molecule has 0 unspecified atom stereocenters. The highest BCUT2D eigenvalue weighted by Gasteiger charge is 2.27. The number of hydrogen-bond acceptors (Lipinski definition) is 2. The van der Waals surface area contributed by atoms with Crippen LogP contribution >= 0.6 is 0 Å². The Kier molecular flexibility index (Phi) is 3.93. The lowest BCUT2D eigenvalue weighted by Crippen LogP contribution is -2.47. The highest BCUT2D eigenvalue weighted by Crippen LogP contribution is 2.32. The van der Waals surface area contributed by atoms with Crippen LogP contribution in [0.4, 0.5) is 4.79 Å². The summed E-state index contributed by atoms with van der Waals surface area (Å²) < 4.78 is 0. The Morgan fingerprint density at radius 2 is 2.00 bits per heavy atom. The number of rotatable bonds is 2. The first-order valence-corrected chi connectivity index (χ1v) is 8.79. The van der Waals surface area contributed by atoms with Crippen LogP contribution in [0, 0.1) is 0 Å². The maximum atomic E-state index is 12.4. The Morgan fingerprint density at radius 3 is 2.78 bits per heavy atom. The number of amides is 2. The van der Waals surface area contributed by atoms with E-state index < -0.39 is 0 Å². The van der Waals surface area contributed by atoms with E-state index in [1.165, 1.54) is 23.8 Å². The molecule has 1 saturated heterocycles. The van der Waals surface area contributed by atoms with Crippen LogP contribution in [0.1, 0.15) is 50.0 Å². The first kappa shape index (κ1) is 14.5. The van der Waals surface area contributed by atoms with E-state index in [9.17, 15) is 4.79 Å². The van der Waals surface area contributed by atoms with Gasteiger partial charge in [-0.25, -0.2) is 9.78 Å². The number of nitrogens with zero attached hydrogens (tertiary/aromatic N) is 2. The van der Waals surface area contributed by atoms with Crippen molar-refractivity contribution in [2.75, 3.05) is 13.1 Å². The van der Waals surface area contributed by atoms with E-state index in [2.05, 4.69) is 27.5 Å². The quantitative estimate of drug-likeness (QED) is 0.893. The maximum Gasteiger partial charge on any atom is 0.317 e. The molecule has 0 atom stereocenters. The van der Waals surface area contributed by atoms with Crippen LogP contribution in [0.3, 0.4) is 0 Å². The minimum absolute atomic E-state index is 0.135. The topological polar surface area (TPSA) is 61.0 Å². The fourth-order valence-electron chi connectivity index (χ4n) is 4.04. The minimum atomic E-state index is 0.135. The lowest BCUT2D eigenvalue weighted by Gasteiger charge is -2.32. The van der Waals surface area contributed by atoms with Crippen LogP contribution in [-0.2, 0) is 0 Å². The average molecular weight is 312 g/mol. The molecule has 2 aromatic rings. The standard InChI is InChI=1S/C18H24N4O/c23-18(21-14-4-1-2-5-14)22-10-7-13(8-11-22)16-12-20-17-15(16)6-3-9-19-17/h3,6,9,12-14H,1-2,4-5,7-8,10-11H2,(H,19,20)(H,21,23). The number of hydrogen-bond donors (Lipinski definition) is 2. The summed E-state index contributed by atoms with van der Waals surface area (Å²) in [5.74, 6) is 0.517. The molecule has 2 N–H and O–H groups in total. The number of nitrogens with one attached hydrogen (secondary N) is 2. The van der Waals surface area contributed by atoms with Crippen LogP contribution in [0.5, 0.6) is 0 Å². The summed E-state index contributed by atoms with van der Waals surface area (Å²) in [6, 6.07) is 4.66. The van der Waals surface area contributed by atoms with Crippen molar-refractivity contribution < 1.29 is 4.79 Å². The normalized spacial score (nSPS) is 20.3. The predicted octanol–water partition coefficient (Wildman–Crippen LogP) is 3.39. The molecule has 2 aliphatic rings. The zero-order valence-electron chi connectivity index (χ0n) is 13.4. The largest absolute Gasteiger partial charge is 0.346 e. The summed E-state index contributed by atoms with van der Waals surface area (Å²) in [5.41, 5.74) is 2.31. The molecule has 0 aromatic carbocycles. The lowest BCUT2D eigenvalue weighted by molar-refractivity contribution is 0.178. The van der Waals surface area contributed by atoms with E-state index in [4.69, 9.17) is 0 Å². The van der Waals surface area contributed by atoms with Crippen LogP contribution < -0.4 is 5.32 Å². The number of likely N-dealkylation sites (tertiary alicyclic amines) is 1. The third kappa shape index (κ3) is 2.92. The van der Waals surface area contributed by atoms with Crippen LogP contribution in [0.25, 0.3) is 11.0 Å². The molecule has 122 valence electrons. The monoisotopic (exact) mass is 312 g/mol. The molecule has 4 rings (SSSR count). The third-order valence-corrected chi connectivity index (χ3v) is 5.39. The van der Waals surface area contributed by atoms with Crippen LogP contribution in [0.2, 0.25) is 0 Å². The van der Waals surface area contributed by atoms with E-state index in [0.717, 1.165) is 44.4 Å². The molecule has 1 aliphatic heterocycles. The zero-order chi connectivity index (χ0) is 15.6. The van der Waals surface area contributed by atoms with Crippen molar-refractivity contribution in [1.82, 2.24) is 20.2 Å². The van der Waals surface area contributed by atoms with Gasteiger partial charge in [0.2, 0.25) is 0 Å². The van der Waals surface area contributed by atoms with Gasteiger partial charge in [-0.1, -0.05) is 12.8 Å². The van der Waals surface area contributed by atoms with Crippen molar-refractivity contribution in [2.24, 2.45) is 0 Å². The van der Waals surface area contributed by atoms with Crippen molar-refractivity contribution in [3.63, 3.8) is 0 Å². The summed E-state index contributed by atoms with van der Waals surface area (Å²) in [4.78, 5) is 22.0. The van der Waals surface area contributed by atoms with E-state index >= 15 is 0 Å². The van der Waals surface area contributed by atoms with E-state index in [1.54, 1.807) is 0 Å². The molecule has 0 bridgehead atoms. The minimum Gasteiger partial charge on any atom is -0.346 e. The van der Waals surface area contributed by atoms with Crippen molar-refractivity contribution in [3.8, 4) is 0 Å². The number of H-pyrrole nitrogens is 1. The van der Waals surface area contributed by atoms with E-state index in [-0.39, 0.29) is 6.03 Å². The van der Waals surface area contributed by atoms with Gasteiger partial charge >= 0.3 is 6.03 Å². The highest BCUT2D eigenvalue weighted by atomic mass is 16.2. The van der Waals surface area contributed by atoms with Gasteiger partial charge in [-0.2, -0.15) is 0 Å². The van der Waals surface area contributed by atoms with Crippen molar-refractivity contribution in [1.29, 1.82) is 0 Å². The number of pyridine rings is 1. The second-order valence-corrected chi connectivity index (χ2v) is 6.84. The number of urea groups is 1. The third-order valence-electron chi connectivity index (χ3n) is 5.39. The molecule has 2 fully saturated rings. The fourth-order valence-corrected chi connectivity index (χ4v) is 4.04. The molecule has 2 aromatic heterocycles. The lowest BCUT2D eigenvalue weighted by atomic mass is 9.89. The molecule has 5 heteroatoms. The van der Waals surface area contributed by atoms with E-state index in [0.29, 0.717) is 12.0 Å². The van der Waals surface area contributed by atoms with Gasteiger partial charge in [0.1, 0.15) is 5.65 Å². The number of carbonyl (C=O) groups excluding carboxylic acids is 1. The summed E-state index contributed by atoms with van der Waals surface area (Å²) in [7, 11) is 0. The van der Waals surface area contributed by atoms with Gasteiger partial charge < -0.3 is 15.2 Å². The van der Waals surface area contributed by atoms with E-state index in [1.807, 2.05) is 17.2 Å². The maximum absolute atomic E-state index is 12.4. The molecule has 5 nitrogen and oxygen atoms in total. The van der Waals surface area contributed by atoms with Gasteiger partial charge in [0.05, 0.1) is 0 Å². The van der Waals surface area contributed by atoms with Crippen LogP contribution in [-0.4, -0.2) is 40.0 Å². The van der Waals surface area contributed by atoms with Crippen molar-refractivity contribution in [3.05, 3.63) is 30.1 Å². The molecule has 0 spiro atoms. The number of piperidine rings is 1. The Hall–Kier alpha value is -2.04. The Bertz CT molecular complexity index is 681. The fraction of sp³-hybridized carbons (Fsp3) is 0.556. The van der Waals surface area contributed by atoms with Crippen molar-refractivity contribution in [2.45, 2.75) is 50.5 Å². The molecular weight excluding hydrogens is 288 g/mol. The zero-order valence-corrected chi connectivity index (χ0v) is 13.4. The summed E-state index contributed by atoms with van der Waals surface area (Å²) in [5, 5.41) is 4.42. The first-order valence-electron chi connectivity index (χ1n) is 8.79. The van der Waals surface area contributed by atoms with Gasteiger partial charge in [-0.3, -0.25) is 0 Å². The molecule has 1 aliphatic carbocycles. The Balaban J connectivity index is 1.38. The second-order valence-electron chi connectivity index (χ2n) is 6.84.